The van der Waals surface area contributed by atoms with Crippen LogP contribution in [-0.2, 0) is 9.53 Å². The normalized spacial score (nSPS) is 15.3. The van der Waals surface area contributed by atoms with Crippen LogP contribution in [0.25, 0.3) is 0 Å². The molecule has 0 amide bonds. The molecule has 114 valence electrons. The van der Waals surface area contributed by atoms with Crippen molar-refractivity contribution in [2.75, 3.05) is 20.0 Å². The van der Waals surface area contributed by atoms with E-state index in [1.807, 2.05) is 0 Å². The third kappa shape index (κ3) is 3.66. The third-order valence-corrected chi connectivity index (χ3v) is 5.00. The second-order valence-corrected chi connectivity index (χ2v) is 6.12. The van der Waals surface area contributed by atoms with Gasteiger partial charge in [0.25, 0.3) is 0 Å². The van der Waals surface area contributed by atoms with Crippen molar-refractivity contribution in [2.45, 2.75) is 24.2 Å². The van der Waals surface area contributed by atoms with Gasteiger partial charge < -0.3 is 9.47 Å². The van der Waals surface area contributed by atoms with Crippen molar-refractivity contribution in [3.05, 3.63) is 28.3 Å². The Hall–Kier alpha value is -1.76. The standard InChI is InChI=1S/C14H17NO5S/c1-19-10-4-3-5-11(13(10)15(17)18)21-9-14(6-7-14)8-12(16)20-2/h3-5H,6-9H2,1-2H3. The topological polar surface area (TPSA) is 78.7 Å². The quantitative estimate of drug-likeness (QED) is 0.333. The first-order chi connectivity index (χ1) is 10.0. The number of nitro groups is 1. The molecule has 0 heterocycles. The van der Waals surface area contributed by atoms with Gasteiger partial charge in [0, 0.05) is 5.75 Å². The van der Waals surface area contributed by atoms with E-state index in [1.54, 1.807) is 18.2 Å². The lowest BCUT2D eigenvalue weighted by Crippen LogP contribution is -2.13. The van der Waals surface area contributed by atoms with Crippen LogP contribution < -0.4 is 4.74 Å². The monoisotopic (exact) mass is 311 g/mol. The summed E-state index contributed by atoms with van der Waals surface area (Å²) in [4.78, 5) is 22.7. The first-order valence-corrected chi connectivity index (χ1v) is 7.51. The van der Waals surface area contributed by atoms with Gasteiger partial charge in [-0.1, -0.05) is 6.07 Å². The SMILES string of the molecule is COC(=O)CC1(CSc2cccc(OC)c2[N+](=O)[O-])CC1. The van der Waals surface area contributed by atoms with Gasteiger partial charge in [0.1, 0.15) is 0 Å². The summed E-state index contributed by atoms with van der Waals surface area (Å²) in [6, 6.07) is 5.01. The van der Waals surface area contributed by atoms with Gasteiger partial charge in [0.05, 0.1) is 30.5 Å². The highest BCUT2D eigenvalue weighted by Crippen LogP contribution is 2.53. The highest BCUT2D eigenvalue weighted by atomic mass is 32.2. The fourth-order valence-electron chi connectivity index (χ4n) is 2.12. The zero-order valence-corrected chi connectivity index (χ0v) is 12.8. The highest BCUT2D eigenvalue weighted by molar-refractivity contribution is 7.99. The summed E-state index contributed by atoms with van der Waals surface area (Å²) in [5, 5.41) is 11.2. The molecule has 1 aromatic carbocycles. The summed E-state index contributed by atoms with van der Waals surface area (Å²) >= 11 is 1.40. The molecular weight excluding hydrogens is 294 g/mol. The number of carbonyl (C=O) groups is 1. The predicted octanol–water partition coefficient (Wildman–Crippen LogP) is 3.04. The Morgan fingerprint density at radius 3 is 2.67 bits per heavy atom. The van der Waals surface area contributed by atoms with Crippen LogP contribution in [0.15, 0.2) is 23.1 Å². The fourth-order valence-corrected chi connectivity index (χ4v) is 3.46. The van der Waals surface area contributed by atoms with Gasteiger partial charge in [-0.2, -0.15) is 0 Å². The smallest absolute Gasteiger partial charge is 0.324 e. The summed E-state index contributed by atoms with van der Waals surface area (Å²) in [6.45, 7) is 0. The van der Waals surface area contributed by atoms with Crippen LogP contribution in [0.5, 0.6) is 5.75 Å². The Balaban J connectivity index is 2.10. The Kier molecular flexibility index (Phi) is 4.72. The average molecular weight is 311 g/mol. The number of nitrogens with zero attached hydrogens (tertiary/aromatic N) is 1. The molecule has 1 aliphatic rings. The number of hydrogen-bond acceptors (Lipinski definition) is 6. The van der Waals surface area contributed by atoms with E-state index in [2.05, 4.69) is 0 Å². The summed E-state index contributed by atoms with van der Waals surface area (Å²) in [5.74, 6) is 0.687. The van der Waals surface area contributed by atoms with E-state index < -0.39 is 4.92 Å². The molecule has 0 aromatic heterocycles. The molecule has 0 radical (unpaired) electrons. The Morgan fingerprint density at radius 2 is 2.14 bits per heavy atom. The van der Waals surface area contributed by atoms with Crippen LogP contribution in [0.1, 0.15) is 19.3 Å². The molecule has 1 fully saturated rings. The molecule has 1 saturated carbocycles. The number of benzene rings is 1. The van der Waals surface area contributed by atoms with Crippen LogP contribution in [0.4, 0.5) is 5.69 Å². The zero-order chi connectivity index (χ0) is 15.5. The van der Waals surface area contributed by atoms with E-state index in [4.69, 9.17) is 9.47 Å². The summed E-state index contributed by atoms with van der Waals surface area (Å²) in [6.07, 6.45) is 2.27. The van der Waals surface area contributed by atoms with Crippen molar-refractivity contribution in [3.63, 3.8) is 0 Å². The number of ether oxygens (including phenoxy) is 2. The maximum absolute atomic E-state index is 11.4. The zero-order valence-electron chi connectivity index (χ0n) is 12.0. The van der Waals surface area contributed by atoms with Crippen LogP contribution >= 0.6 is 11.8 Å². The molecule has 0 N–H and O–H groups in total. The molecule has 0 spiro atoms. The Bertz CT molecular complexity index is 556. The van der Waals surface area contributed by atoms with E-state index in [1.165, 1.54) is 26.0 Å². The van der Waals surface area contributed by atoms with Gasteiger partial charge in [0.2, 0.25) is 0 Å². The maximum atomic E-state index is 11.4. The summed E-state index contributed by atoms with van der Waals surface area (Å²) in [5.41, 5.74) is -0.0896. The van der Waals surface area contributed by atoms with E-state index >= 15 is 0 Å². The van der Waals surface area contributed by atoms with E-state index in [9.17, 15) is 14.9 Å². The van der Waals surface area contributed by atoms with Crippen molar-refractivity contribution in [2.24, 2.45) is 5.41 Å². The number of hydrogen-bond donors (Lipinski definition) is 0. The number of para-hydroxylation sites is 1. The number of rotatable bonds is 7. The van der Waals surface area contributed by atoms with Gasteiger partial charge >= 0.3 is 11.7 Å². The van der Waals surface area contributed by atoms with Crippen molar-refractivity contribution in [1.82, 2.24) is 0 Å². The van der Waals surface area contributed by atoms with Crippen molar-refractivity contribution in [3.8, 4) is 5.75 Å². The van der Waals surface area contributed by atoms with Crippen molar-refractivity contribution in [1.29, 1.82) is 0 Å². The largest absolute Gasteiger partial charge is 0.490 e. The molecule has 1 aliphatic carbocycles. The molecule has 0 bridgehead atoms. The van der Waals surface area contributed by atoms with E-state index in [0.29, 0.717) is 17.1 Å². The molecule has 1 aromatic rings. The minimum atomic E-state index is -0.430. The van der Waals surface area contributed by atoms with Crippen LogP contribution in [0, 0.1) is 15.5 Å². The van der Waals surface area contributed by atoms with Gasteiger partial charge in [-0.15, -0.1) is 11.8 Å². The third-order valence-electron chi connectivity index (χ3n) is 3.60. The predicted molar refractivity (Wildman–Crippen MR) is 78.7 cm³/mol. The van der Waals surface area contributed by atoms with Crippen molar-refractivity contribution < 1.29 is 19.2 Å². The fraction of sp³-hybridized carbons (Fsp3) is 0.500. The minimum absolute atomic E-state index is 0.0149. The van der Waals surface area contributed by atoms with Crippen molar-refractivity contribution >= 4 is 23.4 Å². The van der Waals surface area contributed by atoms with Gasteiger partial charge in [-0.25, -0.2) is 0 Å². The van der Waals surface area contributed by atoms with Crippen LogP contribution in [0.2, 0.25) is 0 Å². The highest BCUT2D eigenvalue weighted by Gasteiger charge is 2.45. The second-order valence-electron chi connectivity index (χ2n) is 5.11. The molecule has 6 nitrogen and oxygen atoms in total. The minimum Gasteiger partial charge on any atom is -0.490 e. The van der Waals surface area contributed by atoms with Crippen LogP contribution in [0.3, 0.4) is 0 Å². The first-order valence-electron chi connectivity index (χ1n) is 6.52. The van der Waals surface area contributed by atoms with Gasteiger partial charge in [-0.05, 0) is 30.4 Å². The molecular formula is C14H17NO5S. The lowest BCUT2D eigenvalue weighted by atomic mass is 10.1. The number of methoxy groups -OCH3 is 2. The molecule has 7 heteroatoms. The molecule has 2 rings (SSSR count). The summed E-state index contributed by atoms with van der Waals surface area (Å²) in [7, 11) is 2.79. The molecule has 0 unspecified atom stereocenters. The van der Waals surface area contributed by atoms with E-state index in [0.717, 1.165) is 12.8 Å². The average Bonchev–Trinajstić information content (AvgIpc) is 3.24. The second kappa shape index (κ2) is 6.34. The lowest BCUT2D eigenvalue weighted by Gasteiger charge is -2.13. The number of esters is 1. The first kappa shape index (κ1) is 15.6. The number of thioether (sulfide) groups is 1. The Morgan fingerprint density at radius 1 is 1.43 bits per heavy atom. The Labute approximate surface area is 127 Å². The maximum Gasteiger partial charge on any atom is 0.324 e. The molecule has 0 saturated heterocycles. The van der Waals surface area contributed by atoms with Gasteiger partial charge in [-0.3, -0.25) is 14.9 Å². The molecule has 21 heavy (non-hydrogen) atoms. The summed E-state index contributed by atoms with van der Waals surface area (Å²) < 4.78 is 9.75. The van der Waals surface area contributed by atoms with Gasteiger partial charge in [0.15, 0.2) is 5.75 Å². The van der Waals surface area contributed by atoms with E-state index in [-0.39, 0.29) is 22.8 Å². The molecule has 0 atom stereocenters. The number of carbonyl (C=O) groups excluding carboxylic acids is 1. The number of nitro benzene ring substituents is 1. The lowest BCUT2D eigenvalue weighted by molar-refractivity contribution is -0.388. The molecule has 0 aliphatic heterocycles. The van der Waals surface area contributed by atoms with Crippen LogP contribution in [-0.4, -0.2) is 30.9 Å².